The fraction of sp³-hybridized carbons (Fsp3) is 0.500. The number of aromatic nitrogens is 1. The van der Waals surface area contributed by atoms with E-state index in [0.29, 0.717) is 17.3 Å². The monoisotopic (exact) mass is 194 g/mol. The van der Waals surface area contributed by atoms with Crippen molar-refractivity contribution in [1.82, 2.24) is 4.98 Å². The van der Waals surface area contributed by atoms with Crippen molar-refractivity contribution >= 4 is 0 Å². The molecule has 0 amide bonds. The summed E-state index contributed by atoms with van der Waals surface area (Å²) < 4.78 is 0. The molecule has 1 aromatic rings. The van der Waals surface area contributed by atoms with Crippen LogP contribution in [0.25, 0.3) is 0 Å². The second kappa shape index (κ2) is 3.55. The van der Waals surface area contributed by atoms with Gasteiger partial charge in [-0.25, -0.2) is 4.98 Å². The predicted molar refractivity (Wildman–Crippen MR) is 51.5 cm³/mol. The molecule has 1 aliphatic rings. The maximum absolute atomic E-state index is 9.55. The van der Waals surface area contributed by atoms with Crippen molar-refractivity contribution in [3.63, 3.8) is 0 Å². The highest BCUT2D eigenvalue weighted by atomic mass is 16.3. The lowest BCUT2D eigenvalue weighted by Crippen LogP contribution is -2.15. The Bertz CT molecular complexity index is 337. The van der Waals surface area contributed by atoms with Crippen LogP contribution in [0, 0.1) is 5.92 Å². The number of pyridine rings is 1. The van der Waals surface area contributed by atoms with Crippen molar-refractivity contribution < 1.29 is 10.2 Å². The van der Waals surface area contributed by atoms with Gasteiger partial charge in [-0.15, -0.1) is 0 Å². The molecule has 0 aromatic carbocycles. The van der Waals surface area contributed by atoms with E-state index in [1.54, 1.807) is 6.07 Å². The van der Waals surface area contributed by atoms with Crippen molar-refractivity contribution in [1.29, 1.82) is 0 Å². The van der Waals surface area contributed by atoms with Gasteiger partial charge in [0.2, 0.25) is 0 Å². The number of nitrogens with zero attached hydrogens (tertiary/aromatic N) is 1. The summed E-state index contributed by atoms with van der Waals surface area (Å²) in [6.45, 7) is -0.120. The average Bonchev–Trinajstić information content (AvgIpc) is 3.01. The first-order chi connectivity index (χ1) is 6.72. The Hall–Kier alpha value is -1.13. The second-order valence-corrected chi connectivity index (χ2v) is 3.73. The van der Waals surface area contributed by atoms with Gasteiger partial charge in [0.15, 0.2) is 0 Å². The highest BCUT2D eigenvalue weighted by molar-refractivity contribution is 5.31. The quantitative estimate of drug-likeness (QED) is 0.661. The van der Waals surface area contributed by atoms with Crippen LogP contribution in [0.2, 0.25) is 0 Å². The van der Waals surface area contributed by atoms with E-state index in [9.17, 15) is 5.11 Å². The summed E-state index contributed by atoms with van der Waals surface area (Å²) in [5.41, 5.74) is 6.98. The molecule has 1 fully saturated rings. The minimum absolute atomic E-state index is 0.120. The van der Waals surface area contributed by atoms with Gasteiger partial charge in [-0.05, 0) is 30.9 Å². The number of aromatic hydroxyl groups is 1. The van der Waals surface area contributed by atoms with E-state index in [1.807, 2.05) is 0 Å². The Morgan fingerprint density at radius 3 is 2.79 bits per heavy atom. The Kier molecular flexibility index (Phi) is 2.39. The maximum atomic E-state index is 9.55. The average molecular weight is 194 g/mol. The van der Waals surface area contributed by atoms with E-state index in [0.717, 1.165) is 12.8 Å². The zero-order valence-corrected chi connectivity index (χ0v) is 7.85. The molecule has 1 heterocycles. The first-order valence-corrected chi connectivity index (χ1v) is 4.77. The summed E-state index contributed by atoms with van der Waals surface area (Å²) >= 11 is 0. The first-order valence-electron chi connectivity index (χ1n) is 4.77. The topological polar surface area (TPSA) is 79.4 Å². The Morgan fingerprint density at radius 2 is 2.21 bits per heavy atom. The van der Waals surface area contributed by atoms with Crippen LogP contribution in [-0.2, 0) is 6.61 Å². The van der Waals surface area contributed by atoms with Crippen molar-refractivity contribution in [3.8, 4) is 5.75 Å². The van der Waals surface area contributed by atoms with Gasteiger partial charge < -0.3 is 15.9 Å². The predicted octanol–water partition coefficient (Wildman–Crippen LogP) is 0.689. The highest BCUT2D eigenvalue weighted by Gasteiger charge is 2.32. The molecule has 0 radical (unpaired) electrons. The zero-order valence-electron chi connectivity index (χ0n) is 7.85. The molecule has 2 rings (SSSR count). The molecule has 0 spiro atoms. The molecule has 4 heteroatoms. The zero-order chi connectivity index (χ0) is 10.1. The van der Waals surface area contributed by atoms with Crippen LogP contribution in [0.3, 0.4) is 0 Å². The van der Waals surface area contributed by atoms with Crippen LogP contribution in [-0.4, -0.2) is 15.2 Å². The van der Waals surface area contributed by atoms with Crippen LogP contribution < -0.4 is 5.73 Å². The van der Waals surface area contributed by atoms with Crippen LogP contribution in [0.4, 0.5) is 0 Å². The van der Waals surface area contributed by atoms with Gasteiger partial charge in [-0.1, -0.05) is 0 Å². The molecule has 0 aliphatic heterocycles. The lowest BCUT2D eigenvalue weighted by atomic mass is 10.1. The minimum Gasteiger partial charge on any atom is -0.506 e. The van der Waals surface area contributed by atoms with Crippen molar-refractivity contribution in [2.24, 2.45) is 11.7 Å². The van der Waals surface area contributed by atoms with Crippen LogP contribution in [0.15, 0.2) is 12.1 Å². The molecule has 4 nitrogen and oxygen atoms in total. The highest BCUT2D eigenvalue weighted by Crippen LogP contribution is 2.40. The number of rotatable bonds is 3. The molecule has 0 bridgehead atoms. The SMILES string of the molecule is NC(c1nc(CO)ccc1O)C1CC1. The fourth-order valence-corrected chi connectivity index (χ4v) is 1.52. The number of aliphatic hydroxyl groups excluding tert-OH is 1. The molecular weight excluding hydrogens is 180 g/mol. The molecule has 14 heavy (non-hydrogen) atoms. The lowest BCUT2D eigenvalue weighted by Gasteiger charge is -2.12. The van der Waals surface area contributed by atoms with Gasteiger partial charge in [-0.2, -0.15) is 0 Å². The van der Waals surface area contributed by atoms with Gasteiger partial charge in [0, 0.05) is 0 Å². The molecule has 1 aliphatic carbocycles. The van der Waals surface area contributed by atoms with E-state index < -0.39 is 0 Å². The van der Waals surface area contributed by atoms with Crippen LogP contribution in [0.5, 0.6) is 5.75 Å². The summed E-state index contributed by atoms with van der Waals surface area (Å²) in [6, 6.07) is 2.94. The number of hydrogen-bond donors (Lipinski definition) is 3. The molecular formula is C10H14N2O2. The fourth-order valence-electron chi connectivity index (χ4n) is 1.52. The van der Waals surface area contributed by atoms with E-state index in [-0.39, 0.29) is 18.4 Å². The van der Waals surface area contributed by atoms with Gasteiger partial charge in [0.05, 0.1) is 24.0 Å². The maximum Gasteiger partial charge on any atom is 0.138 e. The normalized spacial score (nSPS) is 18.1. The third kappa shape index (κ3) is 1.71. The van der Waals surface area contributed by atoms with Crippen molar-refractivity contribution in [2.75, 3.05) is 0 Å². The Balaban J connectivity index is 2.29. The molecule has 1 unspecified atom stereocenters. The van der Waals surface area contributed by atoms with E-state index in [4.69, 9.17) is 10.8 Å². The van der Waals surface area contributed by atoms with Crippen molar-refractivity contribution in [2.45, 2.75) is 25.5 Å². The molecule has 4 N–H and O–H groups in total. The summed E-state index contributed by atoms with van der Waals surface area (Å²) in [5.74, 6) is 0.573. The van der Waals surface area contributed by atoms with Gasteiger partial charge >= 0.3 is 0 Å². The van der Waals surface area contributed by atoms with Gasteiger partial charge in [-0.3, -0.25) is 0 Å². The second-order valence-electron chi connectivity index (χ2n) is 3.73. The molecule has 1 saturated carbocycles. The summed E-state index contributed by atoms with van der Waals surface area (Å²) in [5, 5.41) is 18.5. The van der Waals surface area contributed by atoms with E-state index in [2.05, 4.69) is 4.98 Å². The van der Waals surface area contributed by atoms with E-state index >= 15 is 0 Å². The smallest absolute Gasteiger partial charge is 0.138 e. The van der Waals surface area contributed by atoms with E-state index in [1.165, 1.54) is 6.07 Å². The number of aliphatic hydroxyl groups is 1. The molecule has 76 valence electrons. The minimum atomic E-state index is -0.193. The molecule has 1 aromatic heterocycles. The Labute approximate surface area is 82.4 Å². The standard InChI is InChI=1S/C10H14N2O2/c11-9(6-1-2-6)10-8(14)4-3-7(5-13)12-10/h3-4,6,9,13-14H,1-2,5,11H2. The largest absolute Gasteiger partial charge is 0.506 e. The third-order valence-corrected chi connectivity index (χ3v) is 2.57. The Morgan fingerprint density at radius 1 is 1.50 bits per heavy atom. The lowest BCUT2D eigenvalue weighted by molar-refractivity contribution is 0.275. The first kappa shape index (κ1) is 9.43. The molecule has 0 saturated heterocycles. The van der Waals surface area contributed by atoms with Gasteiger partial charge in [0.1, 0.15) is 5.75 Å². The molecule has 1 atom stereocenters. The summed E-state index contributed by atoms with van der Waals surface area (Å²) in [6.07, 6.45) is 2.21. The number of hydrogen-bond acceptors (Lipinski definition) is 4. The third-order valence-electron chi connectivity index (χ3n) is 2.57. The van der Waals surface area contributed by atoms with Crippen LogP contribution in [0.1, 0.15) is 30.3 Å². The van der Waals surface area contributed by atoms with Crippen molar-refractivity contribution in [3.05, 3.63) is 23.5 Å². The summed E-state index contributed by atoms with van der Waals surface area (Å²) in [4.78, 5) is 4.13. The van der Waals surface area contributed by atoms with Gasteiger partial charge in [0.25, 0.3) is 0 Å². The summed E-state index contributed by atoms with van der Waals surface area (Å²) in [7, 11) is 0. The number of nitrogens with two attached hydrogens (primary N) is 1. The van der Waals surface area contributed by atoms with Crippen LogP contribution >= 0.6 is 0 Å².